The highest BCUT2D eigenvalue weighted by atomic mass is 32.2. The summed E-state index contributed by atoms with van der Waals surface area (Å²) >= 11 is 0. The van der Waals surface area contributed by atoms with Crippen molar-refractivity contribution in [1.29, 1.82) is 0 Å². The lowest BCUT2D eigenvalue weighted by Crippen LogP contribution is -2.67. The largest absolute Gasteiger partial charge is 0.381 e. The summed E-state index contributed by atoms with van der Waals surface area (Å²) in [5.41, 5.74) is -0.217. The van der Waals surface area contributed by atoms with Crippen LogP contribution in [0.3, 0.4) is 0 Å². The summed E-state index contributed by atoms with van der Waals surface area (Å²) in [7, 11) is -1.54. The molecule has 0 bridgehead atoms. The van der Waals surface area contributed by atoms with E-state index >= 15 is 0 Å². The van der Waals surface area contributed by atoms with Crippen LogP contribution in [0.1, 0.15) is 44.0 Å². The molecule has 2 saturated heterocycles. The third-order valence-corrected chi connectivity index (χ3v) is 8.90. The van der Waals surface area contributed by atoms with Gasteiger partial charge in [-0.2, -0.15) is 13.1 Å². The lowest BCUT2D eigenvalue weighted by molar-refractivity contribution is -0.0746. The zero-order chi connectivity index (χ0) is 21.7. The van der Waals surface area contributed by atoms with Crippen LogP contribution in [0.15, 0.2) is 17.0 Å². The van der Waals surface area contributed by atoms with Crippen molar-refractivity contribution >= 4 is 10.0 Å². The van der Waals surface area contributed by atoms with Gasteiger partial charge in [-0.3, -0.25) is 4.98 Å². The summed E-state index contributed by atoms with van der Waals surface area (Å²) in [6.07, 6.45) is 4.25. The summed E-state index contributed by atoms with van der Waals surface area (Å²) in [5.74, 6) is -2.40. The predicted molar refractivity (Wildman–Crippen MR) is 109 cm³/mol. The molecule has 0 amide bonds. The van der Waals surface area contributed by atoms with E-state index in [1.54, 1.807) is 0 Å². The van der Waals surface area contributed by atoms with E-state index in [0.29, 0.717) is 25.0 Å². The number of nitrogens with zero attached hydrogens (tertiary/aromatic N) is 3. The average Bonchev–Trinajstić information content (AvgIpc) is 2.59. The van der Waals surface area contributed by atoms with Gasteiger partial charge in [-0.05, 0) is 57.7 Å². The first-order valence-electron chi connectivity index (χ1n) is 10.6. The van der Waals surface area contributed by atoms with Gasteiger partial charge in [-0.15, -0.1) is 0 Å². The molecule has 0 radical (unpaired) electrons. The molecule has 3 aliphatic rings. The van der Waals surface area contributed by atoms with Crippen LogP contribution < -0.4 is 0 Å². The van der Waals surface area contributed by atoms with Gasteiger partial charge in [0.1, 0.15) is 10.6 Å². The number of sulfonamides is 1. The Bertz CT molecular complexity index is 883. The van der Waals surface area contributed by atoms with Crippen molar-refractivity contribution in [2.24, 2.45) is 11.3 Å². The van der Waals surface area contributed by atoms with Crippen molar-refractivity contribution in [2.45, 2.75) is 56.4 Å². The van der Waals surface area contributed by atoms with Gasteiger partial charge >= 0.3 is 0 Å². The van der Waals surface area contributed by atoms with Crippen LogP contribution in [0.25, 0.3) is 0 Å². The Morgan fingerprint density at radius 3 is 2.47 bits per heavy atom. The average molecular weight is 444 g/mol. The molecule has 1 spiro atoms. The van der Waals surface area contributed by atoms with E-state index in [0.717, 1.165) is 58.4 Å². The van der Waals surface area contributed by atoms with Crippen LogP contribution >= 0.6 is 0 Å². The zero-order valence-corrected chi connectivity index (χ0v) is 18.7. The topological polar surface area (TPSA) is 62.7 Å². The number of aromatic nitrogens is 1. The molecule has 3 heterocycles. The molecular weight excluding hydrogens is 412 g/mol. The van der Waals surface area contributed by atoms with Crippen molar-refractivity contribution in [3.63, 3.8) is 0 Å². The van der Waals surface area contributed by atoms with Gasteiger partial charge in [0.05, 0.1) is 5.69 Å². The monoisotopic (exact) mass is 443 g/mol. The van der Waals surface area contributed by atoms with Crippen molar-refractivity contribution < 1.29 is 21.9 Å². The van der Waals surface area contributed by atoms with Crippen molar-refractivity contribution in [3.8, 4) is 0 Å². The molecule has 0 atom stereocenters. The Kier molecular flexibility index (Phi) is 5.70. The van der Waals surface area contributed by atoms with Crippen LogP contribution in [0.4, 0.5) is 8.78 Å². The van der Waals surface area contributed by atoms with E-state index in [9.17, 15) is 17.2 Å². The molecule has 1 aromatic heterocycles. The smallest absolute Gasteiger partial charge is 0.286 e. The van der Waals surface area contributed by atoms with Gasteiger partial charge < -0.3 is 9.64 Å². The fourth-order valence-corrected chi connectivity index (χ4v) is 6.90. The first kappa shape index (κ1) is 22.0. The highest BCUT2D eigenvalue weighted by molar-refractivity contribution is 7.89. The second-order valence-electron chi connectivity index (χ2n) is 9.50. The summed E-state index contributed by atoms with van der Waals surface area (Å²) in [6, 6.07) is 2.88. The highest BCUT2D eigenvalue weighted by Crippen LogP contribution is 2.51. The third-order valence-electron chi connectivity index (χ3n) is 6.98. The highest BCUT2D eigenvalue weighted by Gasteiger charge is 2.56. The maximum absolute atomic E-state index is 13.5. The molecule has 3 fully saturated rings. The zero-order valence-electron chi connectivity index (χ0n) is 17.9. The van der Waals surface area contributed by atoms with Gasteiger partial charge in [0, 0.05) is 51.2 Å². The Balaban J connectivity index is 1.33. The van der Waals surface area contributed by atoms with Crippen LogP contribution in [0.5, 0.6) is 0 Å². The fraction of sp³-hybridized carbons (Fsp3) is 0.762. The SMILES string of the molecule is Cc1nc(C(C)(F)F)ccc1S(=O)(=O)N1CC2(CC(N(C)CC3CCOCC3)C2)C1. The number of pyridine rings is 1. The minimum absolute atomic E-state index is 0.0258. The molecule has 2 aliphatic heterocycles. The summed E-state index contributed by atoms with van der Waals surface area (Å²) in [5, 5.41) is 0. The molecule has 9 heteroatoms. The Hall–Kier alpha value is -1.16. The quantitative estimate of drug-likeness (QED) is 0.676. The molecule has 6 nitrogen and oxygen atoms in total. The molecule has 1 saturated carbocycles. The number of hydrogen-bond acceptors (Lipinski definition) is 5. The summed E-state index contributed by atoms with van der Waals surface area (Å²) in [6.45, 7) is 6.02. The molecule has 1 aromatic rings. The minimum atomic E-state index is -3.70. The summed E-state index contributed by atoms with van der Waals surface area (Å²) < 4.78 is 59.8. The maximum atomic E-state index is 13.5. The Morgan fingerprint density at radius 1 is 1.27 bits per heavy atom. The van der Waals surface area contributed by atoms with Gasteiger partial charge in [0.25, 0.3) is 5.92 Å². The first-order chi connectivity index (χ1) is 14.0. The molecule has 30 heavy (non-hydrogen) atoms. The van der Waals surface area contributed by atoms with E-state index in [2.05, 4.69) is 16.9 Å². The number of aryl methyl sites for hydroxylation is 1. The van der Waals surface area contributed by atoms with Crippen molar-refractivity contribution in [2.75, 3.05) is 39.9 Å². The minimum Gasteiger partial charge on any atom is -0.381 e. The number of ether oxygens (including phenoxy) is 1. The number of alkyl halides is 2. The maximum Gasteiger partial charge on any atom is 0.286 e. The van der Waals surface area contributed by atoms with E-state index in [1.165, 1.54) is 17.3 Å². The van der Waals surface area contributed by atoms with Crippen molar-refractivity contribution in [1.82, 2.24) is 14.2 Å². The molecule has 0 N–H and O–H groups in total. The van der Waals surface area contributed by atoms with E-state index < -0.39 is 21.6 Å². The van der Waals surface area contributed by atoms with Gasteiger partial charge in [-0.1, -0.05) is 0 Å². The van der Waals surface area contributed by atoms with E-state index in [1.807, 2.05) is 0 Å². The fourth-order valence-electron chi connectivity index (χ4n) is 5.07. The van der Waals surface area contributed by atoms with Crippen LogP contribution in [-0.2, 0) is 20.7 Å². The molecular formula is C21H31F2N3O3S. The Morgan fingerprint density at radius 2 is 1.90 bits per heavy atom. The lowest BCUT2D eigenvalue weighted by atomic mass is 9.61. The number of rotatable bonds is 6. The third kappa shape index (κ3) is 4.13. The van der Waals surface area contributed by atoms with Crippen LogP contribution in [0, 0.1) is 18.3 Å². The molecule has 4 rings (SSSR count). The van der Waals surface area contributed by atoms with Gasteiger partial charge in [0.15, 0.2) is 0 Å². The van der Waals surface area contributed by atoms with Gasteiger partial charge in [0.2, 0.25) is 10.0 Å². The second-order valence-corrected chi connectivity index (χ2v) is 11.4. The van der Waals surface area contributed by atoms with Crippen molar-refractivity contribution in [3.05, 3.63) is 23.5 Å². The molecule has 168 valence electrons. The number of halogens is 2. The van der Waals surface area contributed by atoms with E-state index in [4.69, 9.17) is 4.74 Å². The molecule has 1 aliphatic carbocycles. The standard InChI is InChI=1S/C21H31F2N3O3S/c1-15-18(4-5-19(24-15)20(2,22)23)30(27,28)26-13-21(14-26)10-17(11-21)25(3)12-16-6-8-29-9-7-16/h4-5,16-17H,6-14H2,1-3H3. The number of hydrogen-bond donors (Lipinski definition) is 0. The molecule has 0 unspecified atom stereocenters. The Labute approximate surface area is 177 Å². The first-order valence-corrected chi connectivity index (χ1v) is 12.1. The van der Waals surface area contributed by atoms with Crippen LogP contribution in [-0.4, -0.2) is 68.5 Å². The summed E-state index contributed by atoms with van der Waals surface area (Å²) in [4.78, 5) is 6.29. The van der Waals surface area contributed by atoms with E-state index in [-0.39, 0.29) is 16.0 Å². The predicted octanol–water partition coefficient (Wildman–Crippen LogP) is 3.01. The second kappa shape index (κ2) is 7.76. The van der Waals surface area contributed by atoms with Crippen LogP contribution in [0.2, 0.25) is 0 Å². The normalized spacial score (nSPS) is 23.5. The molecule has 0 aromatic carbocycles. The van der Waals surface area contributed by atoms with Gasteiger partial charge in [-0.25, -0.2) is 8.42 Å². The lowest BCUT2D eigenvalue weighted by Gasteiger charge is -2.60.